The Balaban J connectivity index is 1.45. The van der Waals surface area contributed by atoms with E-state index in [4.69, 9.17) is 0 Å². The van der Waals surface area contributed by atoms with Gasteiger partial charge in [0.05, 0.1) is 26.2 Å². The van der Waals surface area contributed by atoms with Gasteiger partial charge in [-0.15, -0.1) is 0 Å². The second-order valence-electron chi connectivity index (χ2n) is 9.45. The number of amides is 2. The van der Waals surface area contributed by atoms with Crippen LogP contribution in [0.25, 0.3) is 0 Å². The second kappa shape index (κ2) is 9.08. The van der Waals surface area contributed by atoms with Crippen LogP contribution in [0, 0.1) is 0 Å². The molecule has 3 rings (SSSR count). The van der Waals surface area contributed by atoms with E-state index in [1.54, 1.807) is 0 Å². The number of hydrogen-bond donors (Lipinski definition) is 2. The van der Waals surface area contributed by atoms with Crippen molar-refractivity contribution in [2.75, 3.05) is 32.7 Å². The largest absolute Gasteiger partial charge is 0.348 e. The number of benzene rings is 1. The van der Waals surface area contributed by atoms with Crippen LogP contribution in [0.1, 0.15) is 68.8 Å². The lowest BCUT2D eigenvalue weighted by Gasteiger charge is -2.32. The lowest BCUT2D eigenvalue weighted by molar-refractivity contribution is -0.896. The molecule has 0 aromatic heterocycles. The SMILES string of the molecule is CC(C)(C)c1ccc(C(=O)N2CC[NH+](CC(=O)NC3CCCCC3)CC2)cc1. The minimum atomic E-state index is 0.0920. The highest BCUT2D eigenvalue weighted by Gasteiger charge is 2.27. The van der Waals surface area contributed by atoms with Gasteiger partial charge in [0.25, 0.3) is 11.8 Å². The van der Waals surface area contributed by atoms with Gasteiger partial charge in [-0.1, -0.05) is 52.2 Å². The fourth-order valence-corrected chi connectivity index (χ4v) is 4.25. The fourth-order valence-electron chi connectivity index (χ4n) is 4.25. The Hall–Kier alpha value is -1.88. The molecule has 0 spiro atoms. The van der Waals surface area contributed by atoms with E-state index in [1.165, 1.54) is 29.7 Å². The zero-order valence-corrected chi connectivity index (χ0v) is 17.7. The molecule has 2 aliphatic rings. The third-order valence-corrected chi connectivity index (χ3v) is 6.14. The summed E-state index contributed by atoms with van der Waals surface area (Å²) < 4.78 is 0. The summed E-state index contributed by atoms with van der Waals surface area (Å²) in [4.78, 5) is 28.3. The molecule has 0 bridgehead atoms. The molecule has 1 aromatic carbocycles. The van der Waals surface area contributed by atoms with Crippen LogP contribution >= 0.6 is 0 Å². The topological polar surface area (TPSA) is 53.9 Å². The highest BCUT2D eigenvalue weighted by atomic mass is 16.2. The number of carbonyl (C=O) groups is 2. The van der Waals surface area contributed by atoms with Crippen molar-refractivity contribution in [2.45, 2.75) is 64.3 Å². The molecule has 0 atom stereocenters. The molecule has 1 aromatic rings. The van der Waals surface area contributed by atoms with E-state index >= 15 is 0 Å². The van der Waals surface area contributed by atoms with Gasteiger partial charge in [0, 0.05) is 11.6 Å². The summed E-state index contributed by atoms with van der Waals surface area (Å²) in [7, 11) is 0. The number of nitrogens with one attached hydrogen (secondary N) is 2. The number of nitrogens with zero attached hydrogens (tertiary/aromatic N) is 1. The van der Waals surface area contributed by atoms with Crippen LogP contribution in [0.15, 0.2) is 24.3 Å². The molecule has 5 nitrogen and oxygen atoms in total. The first-order valence-electron chi connectivity index (χ1n) is 10.9. The van der Waals surface area contributed by atoms with Crippen molar-refractivity contribution in [1.29, 1.82) is 0 Å². The van der Waals surface area contributed by atoms with Gasteiger partial charge >= 0.3 is 0 Å². The molecule has 2 amide bonds. The molecule has 28 heavy (non-hydrogen) atoms. The average Bonchev–Trinajstić information content (AvgIpc) is 2.68. The number of piperazine rings is 1. The van der Waals surface area contributed by atoms with Crippen molar-refractivity contribution >= 4 is 11.8 Å². The van der Waals surface area contributed by atoms with Crippen molar-refractivity contribution in [3.05, 3.63) is 35.4 Å². The third kappa shape index (κ3) is 5.57. The molecule has 0 unspecified atom stereocenters. The normalized spacial score (nSPS) is 19.5. The monoisotopic (exact) mass is 386 g/mol. The van der Waals surface area contributed by atoms with Crippen molar-refractivity contribution in [3.63, 3.8) is 0 Å². The molecule has 154 valence electrons. The van der Waals surface area contributed by atoms with E-state index in [0.29, 0.717) is 25.7 Å². The summed E-state index contributed by atoms with van der Waals surface area (Å²) in [5, 5.41) is 3.20. The maximum absolute atomic E-state index is 12.8. The fraction of sp³-hybridized carbons (Fsp3) is 0.652. The van der Waals surface area contributed by atoms with Gasteiger partial charge in [-0.25, -0.2) is 0 Å². The third-order valence-electron chi connectivity index (χ3n) is 6.14. The van der Waals surface area contributed by atoms with Gasteiger partial charge < -0.3 is 15.1 Å². The summed E-state index contributed by atoms with van der Waals surface area (Å²) in [5.74, 6) is 0.269. The van der Waals surface area contributed by atoms with Crippen LogP contribution < -0.4 is 10.2 Å². The number of carbonyl (C=O) groups excluding carboxylic acids is 2. The van der Waals surface area contributed by atoms with Crippen molar-refractivity contribution < 1.29 is 14.5 Å². The maximum atomic E-state index is 12.8. The number of hydrogen-bond acceptors (Lipinski definition) is 2. The van der Waals surface area contributed by atoms with Crippen molar-refractivity contribution in [3.8, 4) is 0 Å². The Morgan fingerprint density at radius 1 is 1.04 bits per heavy atom. The van der Waals surface area contributed by atoms with E-state index in [1.807, 2.05) is 17.0 Å². The van der Waals surface area contributed by atoms with Crippen LogP contribution in [0.2, 0.25) is 0 Å². The van der Waals surface area contributed by atoms with Gasteiger partial charge in [-0.05, 0) is 36.0 Å². The number of quaternary nitrogens is 1. The smallest absolute Gasteiger partial charge is 0.275 e. The first kappa shape index (κ1) is 20.8. The van der Waals surface area contributed by atoms with Gasteiger partial charge in [0.15, 0.2) is 6.54 Å². The zero-order valence-electron chi connectivity index (χ0n) is 17.7. The molecular formula is C23H36N3O2+. The Kier molecular flexibility index (Phi) is 6.76. The molecule has 1 saturated heterocycles. The summed E-state index contributed by atoms with van der Waals surface area (Å²) in [6.45, 7) is 10.2. The molecule has 0 radical (unpaired) electrons. The minimum absolute atomic E-state index is 0.0920. The van der Waals surface area contributed by atoms with E-state index in [9.17, 15) is 9.59 Å². The van der Waals surface area contributed by atoms with Crippen LogP contribution in [0.4, 0.5) is 0 Å². The molecule has 1 aliphatic heterocycles. The maximum Gasteiger partial charge on any atom is 0.275 e. The van der Waals surface area contributed by atoms with Crippen LogP contribution in [0.5, 0.6) is 0 Å². The quantitative estimate of drug-likeness (QED) is 0.829. The minimum Gasteiger partial charge on any atom is -0.348 e. The Morgan fingerprint density at radius 2 is 1.64 bits per heavy atom. The molecule has 2 N–H and O–H groups in total. The van der Waals surface area contributed by atoms with Gasteiger partial charge in [0.2, 0.25) is 0 Å². The Bertz CT molecular complexity index is 664. The molecule has 1 saturated carbocycles. The predicted octanol–water partition coefficient (Wildman–Crippen LogP) is 1.77. The highest BCUT2D eigenvalue weighted by molar-refractivity contribution is 5.94. The van der Waals surface area contributed by atoms with Gasteiger partial charge in [-0.2, -0.15) is 0 Å². The summed E-state index contributed by atoms with van der Waals surface area (Å²) in [6, 6.07) is 8.38. The van der Waals surface area contributed by atoms with Crippen LogP contribution in [0.3, 0.4) is 0 Å². The summed E-state index contributed by atoms with van der Waals surface area (Å²) in [5.41, 5.74) is 2.09. The Morgan fingerprint density at radius 3 is 2.21 bits per heavy atom. The van der Waals surface area contributed by atoms with E-state index < -0.39 is 0 Å². The molecule has 1 heterocycles. The summed E-state index contributed by atoms with van der Waals surface area (Å²) in [6.07, 6.45) is 6.01. The molecule has 2 fully saturated rings. The first-order chi connectivity index (χ1) is 13.3. The van der Waals surface area contributed by atoms with Crippen molar-refractivity contribution in [1.82, 2.24) is 10.2 Å². The predicted molar refractivity (Wildman–Crippen MR) is 112 cm³/mol. The van der Waals surface area contributed by atoms with E-state index in [-0.39, 0.29) is 17.2 Å². The highest BCUT2D eigenvalue weighted by Crippen LogP contribution is 2.22. The molecular weight excluding hydrogens is 350 g/mol. The first-order valence-corrected chi connectivity index (χ1v) is 10.9. The lowest BCUT2D eigenvalue weighted by atomic mass is 9.86. The van der Waals surface area contributed by atoms with Crippen LogP contribution in [-0.4, -0.2) is 55.5 Å². The standard InChI is InChI=1S/C23H35N3O2/c1-23(2,3)19-11-9-18(10-12-19)22(28)26-15-13-25(14-16-26)17-21(27)24-20-7-5-4-6-8-20/h9-12,20H,4-8,13-17H2,1-3H3,(H,24,27)/p+1. The average molecular weight is 387 g/mol. The number of rotatable bonds is 4. The lowest BCUT2D eigenvalue weighted by Crippen LogP contribution is -3.15. The van der Waals surface area contributed by atoms with E-state index in [0.717, 1.165) is 31.5 Å². The van der Waals surface area contributed by atoms with Gasteiger partial charge in [-0.3, -0.25) is 9.59 Å². The van der Waals surface area contributed by atoms with Gasteiger partial charge in [0.1, 0.15) is 0 Å². The second-order valence-corrected chi connectivity index (χ2v) is 9.45. The molecule has 1 aliphatic carbocycles. The van der Waals surface area contributed by atoms with E-state index in [2.05, 4.69) is 38.2 Å². The van der Waals surface area contributed by atoms with Crippen molar-refractivity contribution in [2.24, 2.45) is 0 Å². The zero-order chi connectivity index (χ0) is 20.1. The summed E-state index contributed by atoms with van der Waals surface area (Å²) >= 11 is 0. The Labute approximate surface area is 169 Å². The van der Waals surface area contributed by atoms with Crippen LogP contribution in [-0.2, 0) is 10.2 Å². The molecule has 5 heteroatoms.